The molecule has 0 N–H and O–H groups in total. The SMILES string of the molecule is F/C(Br)=C1\O[C@H](COCc2ccccc2)[C@@H](OCc2ccccc2)[C@H](OCc2ccccc2)[C@H]1OCc1ccccc1. The van der Waals surface area contributed by atoms with Crippen LogP contribution in [0.15, 0.2) is 132 Å². The lowest BCUT2D eigenvalue weighted by atomic mass is 9.97. The van der Waals surface area contributed by atoms with Gasteiger partial charge in [0.25, 0.3) is 0 Å². The normalized spacial score (nSPS) is 21.5. The van der Waals surface area contributed by atoms with Crippen molar-refractivity contribution in [3.05, 3.63) is 154 Å². The second-order valence-corrected chi connectivity index (χ2v) is 10.7. The minimum Gasteiger partial charge on any atom is -0.483 e. The molecule has 4 atom stereocenters. The predicted octanol–water partition coefficient (Wildman–Crippen LogP) is 7.89. The minimum atomic E-state index is -0.876. The Morgan fingerprint density at radius 1 is 0.571 bits per heavy atom. The Morgan fingerprint density at radius 3 is 1.43 bits per heavy atom. The molecular weight excluding hydrogens is 599 g/mol. The summed E-state index contributed by atoms with van der Waals surface area (Å²) >= 11 is 3.02. The maximum Gasteiger partial charge on any atom is 0.206 e. The highest BCUT2D eigenvalue weighted by molar-refractivity contribution is 9.11. The van der Waals surface area contributed by atoms with Crippen LogP contribution in [0.1, 0.15) is 22.3 Å². The summed E-state index contributed by atoms with van der Waals surface area (Å²) < 4.78 is 46.2. The molecule has 1 heterocycles. The first kappa shape index (κ1) is 30.1. The molecular formula is C35H34BrFO5. The van der Waals surface area contributed by atoms with E-state index in [1.807, 2.05) is 121 Å². The Labute approximate surface area is 255 Å². The maximum absolute atomic E-state index is 15.1. The Morgan fingerprint density at radius 2 is 0.976 bits per heavy atom. The molecule has 5 rings (SSSR count). The highest BCUT2D eigenvalue weighted by Gasteiger charge is 2.48. The zero-order chi connectivity index (χ0) is 29.0. The topological polar surface area (TPSA) is 46.2 Å². The first-order valence-corrected chi connectivity index (χ1v) is 14.8. The van der Waals surface area contributed by atoms with Gasteiger partial charge < -0.3 is 23.7 Å². The summed E-state index contributed by atoms with van der Waals surface area (Å²) in [5, 5.41) is 0. The van der Waals surface area contributed by atoms with Gasteiger partial charge in [-0.3, -0.25) is 0 Å². The number of hydrogen-bond donors (Lipinski definition) is 0. The van der Waals surface area contributed by atoms with Gasteiger partial charge in [0.1, 0.15) is 18.3 Å². The lowest BCUT2D eigenvalue weighted by molar-refractivity contribution is -0.224. The Bertz CT molecular complexity index is 1370. The molecule has 0 radical (unpaired) electrons. The highest BCUT2D eigenvalue weighted by atomic mass is 79.9. The van der Waals surface area contributed by atoms with Crippen LogP contribution in [0.5, 0.6) is 0 Å². The van der Waals surface area contributed by atoms with Crippen molar-refractivity contribution < 1.29 is 28.1 Å². The molecule has 0 bridgehead atoms. The van der Waals surface area contributed by atoms with E-state index in [0.717, 1.165) is 22.3 Å². The summed E-state index contributed by atoms with van der Waals surface area (Å²) in [4.78, 5) is 0. The van der Waals surface area contributed by atoms with E-state index < -0.39 is 29.2 Å². The third-order valence-corrected chi connectivity index (χ3v) is 7.34. The van der Waals surface area contributed by atoms with Crippen molar-refractivity contribution in [2.45, 2.75) is 50.8 Å². The second kappa shape index (κ2) is 15.8. The lowest BCUT2D eigenvalue weighted by Crippen LogP contribution is -2.56. The third-order valence-electron chi connectivity index (χ3n) is 6.95. The minimum absolute atomic E-state index is 0.0249. The zero-order valence-electron chi connectivity index (χ0n) is 23.2. The summed E-state index contributed by atoms with van der Waals surface area (Å²) in [6.07, 6.45) is -2.86. The van der Waals surface area contributed by atoms with E-state index in [-0.39, 0.29) is 25.6 Å². The van der Waals surface area contributed by atoms with Crippen LogP contribution in [0.4, 0.5) is 4.39 Å². The monoisotopic (exact) mass is 632 g/mol. The van der Waals surface area contributed by atoms with Crippen LogP contribution >= 0.6 is 15.9 Å². The van der Waals surface area contributed by atoms with Gasteiger partial charge in [-0.15, -0.1) is 0 Å². The highest BCUT2D eigenvalue weighted by Crippen LogP contribution is 2.36. The molecule has 1 aliphatic rings. The number of halogens is 2. The van der Waals surface area contributed by atoms with Crippen molar-refractivity contribution in [3.8, 4) is 0 Å². The van der Waals surface area contributed by atoms with Gasteiger partial charge >= 0.3 is 0 Å². The van der Waals surface area contributed by atoms with E-state index in [1.165, 1.54) is 0 Å². The fourth-order valence-corrected chi connectivity index (χ4v) is 5.15. The Hall–Kier alpha value is -3.33. The quantitative estimate of drug-likeness (QED) is 0.150. The second-order valence-electron chi connectivity index (χ2n) is 10.0. The van der Waals surface area contributed by atoms with Crippen molar-refractivity contribution in [1.29, 1.82) is 0 Å². The molecule has 42 heavy (non-hydrogen) atoms. The lowest BCUT2D eigenvalue weighted by Gasteiger charge is -2.43. The summed E-state index contributed by atoms with van der Waals surface area (Å²) in [6, 6.07) is 39.3. The molecule has 4 aromatic rings. The van der Waals surface area contributed by atoms with E-state index in [0.29, 0.717) is 13.2 Å². The fourth-order valence-electron chi connectivity index (χ4n) is 4.83. The molecule has 218 valence electrons. The number of rotatable bonds is 13. The van der Waals surface area contributed by atoms with Crippen LogP contribution in [0.3, 0.4) is 0 Å². The number of benzene rings is 4. The van der Waals surface area contributed by atoms with Crippen molar-refractivity contribution in [2.75, 3.05) is 6.61 Å². The zero-order valence-corrected chi connectivity index (χ0v) is 24.8. The van der Waals surface area contributed by atoms with E-state index in [2.05, 4.69) is 15.9 Å². The molecule has 0 saturated carbocycles. The van der Waals surface area contributed by atoms with Crippen molar-refractivity contribution in [2.24, 2.45) is 0 Å². The average Bonchev–Trinajstić information content (AvgIpc) is 3.04. The van der Waals surface area contributed by atoms with E-state index >= 15 is 4.39 Å². The van der Waals surface area contributed by atoms with Crippen LogP contribution in [0, 0.1) is 0 Å². The number of ether oxygens (including phenoxy) is 5. The van der Waals surface area contributed by atoms with Crippen LogP contribution in [0.25, 0.3) is 0 Å². The standard InChI is InChI=1S/C35H34BrFO5/c36-35(37)34-33(41-24-29-19-11-4-12-20-29)32(40-23-28-17-9-3-10-18-28)31(39-22-27-15-7-2-8-16-27)30(42-34)25-38-21-26-13-5-1-6-14-26/h1-20,30-33H,21-25H2/b35-34-/t30-,31-,32+,33-/m1/s1. The van der Waals surface area contributed by atoms with E-state index in [9.17, 15) is 0 Å². The molecule has 0 spiro atoms. The fraction of sp³-hybridized carbons (Fsp3) is 0.257. The smallest absolute Gasteiger partial charge is 0.206 e. The first-order chi connectivity index (χ1) is 20.7. The van der Waals surface area contributed by atoms with Gasteiger partial charge in [0.2, 0.25) is 4.74 Å². The molecule has 4 aromatic carbocycles. The van der Waals surface area contributed by atoms with Gasteiger partial charge in [-0.2, -0.15) is 4.39 Å². The molecule has 0 aliphatic carbocycles. The summed E-state index contributed by atoms with van der Waals surface area (Å²) in [6.45, 7) is 1.39. The van der Waals surface area contributed by atoms with Gasteiger partial charge in [-0.05, 0) is 38.2 Å². The Balaban J connectivity index is 1.42. The van der Waals surface area contributed by atoms with Gasteiger partial charge in [0.15, 0.2) is 11.9 Å². The van der Waals surface area contributed by atoms with Gasteiger partial charge in [0, 0.05) is 0 Å². The maximum atomic E-state index is 15.1. The molecule has 0 aromatic heterocycles. The van der Waals surface area contributed by atoms with E-state index in [4.69, 9.17) is 23.7 Å². The average molecular weight is 634 g/mol. The van der Waals surface area contributed by atoms with Crippen molar-refractivity contribution in [1.82, 2.24) is 0 Å². The molecule has 1 fully saturated rings. The van der Waals surface area contributed by atoms with Crippen molar-refractivity contribution >= 4 is 15.9 Å². The molecule has 1 aliphatic heterocycles. The molecule has 1 saturated heterocycles. The molecule has 0 amide bonds. The Kier molecular flexibility index (Phi) is 11.3. The van der Waals surface area contributed by atoms with Crippen LogP contribution < -0.4 is 0 Å². The summed E-state index contributed by atoms with van der Waals surface area (Å²) in [7, 11) is 0. The first-order valence-electron chi connectivity index (χ1n) is 14.0. The molecule has 7 heteroatoms. The summed E-state index contributed by atoms with van der Waals surface area (Å²) in [5.74, 6) is 0.0249. The van der Waals surface area contributed by atoms with Crippen LogP contribution in [0.2, 0.25) is 0 Å². The number of hydrogen-bond acceptors (Lipinski definition) is 5. The molecule has 5 nitrogen and oxygen atoms in total. The third kappa shape index (κ3) is 8.60. The van der Waals surface area contributed by atoms with Gasteiger partial charge in [-0.1, -0.05) is 121 Å². The van der Waals surface area contributed by atoms with Gasteiger partial charge in [0.05, 0.1) is 33.0 Å². The van der Waals surface area contributed by atoms with Crippen LogP contribution in [-0.4, -0.2) is 31.0 Å². The van der Waals surface area contributed by atoms with Gasteiger partial charge in [-0.25, -0.2) is 0 Å². The van der Waals surface area contributed by atoms with Crippen LogP contribution in [-0.2, 0) is 50.1 Å². The molecule has 0 unspecified atom stereocenters. The van der Waals surface area contributed by atoms with Crippen molar-refractivity contribution in [3.63, 3.8) is 0 Å². The largest absolute Gasteiger partial charge is 0.483 e. The predicted molar refractivity (Wildman–Crippen MR) is 163 cm³/mol. The van der Waals surface area contributed by atoms with E-state index in [1.54, 1.807) is 0 Å². The summed E-state index contributed by atoms with van der Waals surface area (Å²) in [5.41, 5.74) is 3.95.